The SMILES string of the molecule is CCCNCc1ccc(N2CCC(C)(C(N)=O)C2)cc1. The zero-order valence-electron chi connectivity index (χ0n) is 12.5. The molecule has 0 saturated carbocycles. The summed E-state index contributed by atoms with van der Waals surface area (Å²) in [6, 6.07) is 8.57. The summed E-state index contributed by atoms with van der Waals surface area (Å²) < 4.78 is 0. The van der Waals surface area contributed by atoms with Crippen molar-refractivity contribution in [2.75, 3.05) is 24.5 Å². The van der Waals surface area contributed by atoms with E-state index in [0.717, 1.165) is 39.0 Å². The second-order valence-electron chi connectivity index (χ2n) is 5.94. The average Bonchev–Trinajstić information content (AvgIpc) is 2.84. The zero-order chi connectivity index (χ0) is 14.6. The topological polar surface area (TPSA) is 58.4 Å². The van der Waals surface area contributed by atoms with E-state index >= 15 is 0 Å². The van der Waals surface area contributed by atoms with Crippen molar-refractivity contribution in [3.8, 4) is 0 Å². The molecular formula is C16H25N3O. The lowest BCUT2D eigenvalue weighted by molar-refractivity contribution is -0.125. The zero-order valence-corrected chi connectivity index (χ0v) is 12.5. The van der Waals surface area contributed by atoms with E-state index in [1.807, 2.05) is 6.92 Å². The van der Waals surface area contributed by atoms with Gasteiger partial charge in [-0.05, 0) is 44.0 Å². The summed E-state index contributed by atoms with van der Waals surface area (Å²) in [6.45, 7) is 7.69. The molecule has 2 rings (SSSR count). The molecule has 4 heteroatoms. The Morgan fingerprint density at radius 2 is 2.10 bits per heavy atom. The van der Waals surface area contributed by atoms with Gasteiger partial charge < -0.3 is 16.0 Å². The number of hydrogen-bond acceptors (Lipinski definition) is 3. The van der Waals surface area contributed by atoms with E-state index in [1.165, 1.54) is 11.3 Å². The molecule has 1 atom stereocenters. The first-order chi connectivity index (χ1) is 9.55. The fourth-order valence-corrected chi connectivity index (χ4v) is 2.62. The number of nitrogens with one attached hydrogen (secondary N) is 1. The van der Waals surface area contributed by atoms with Crippen molar-refractivity contribution >= 4 is 11.6 Å². The van der Waals surface area contributed by atoms with Crippen molar-refractivity contribution in [1.29, 1.82) is 0 Å². The maximum atomic E-state index is 11.5. The second kappa shape index (κ2) is 6.27. The average molecular weight is 275 g/mol. The number of carbonyl (C=O) groups is 1. The standard InChI is InChI=1S/C16H25N3O/c1-3-9-18-11-13-4-6-14(7-5-13)19-10-8-16(2,12-19)15(17)20/h4-7,18H,3,8-12H2,1-2H3,(H2,17,20). The Bertz CT molecular complexity index is 457. The van der Waals surface area contributed by atoms with Crippen LogP contribution in [0.5, 0.6) is 0 Å². The van der Waals surface area contributed by atoms with Crippen LogP contribution in [0.1, 0.15) is 32.3 Å². The van der Waals surface area contributed by atoms with Gasteiger partial charge in [0.25, 0.3) is 0 Å². The van der Waals surface area contributed by atoms with Crippen LogP contribution in [0.25, 0.3) is 0 Å². The summed E-state index contributed by atoms with van der Waals surface area (Å²) in [6.07, 6.45) is 1.99. The van der Waals surface area contributed by atoms with Crippen LogP contribution in [0.2, 0.25) is 0 Å². The molecule has 1 fully saturated rings. The molecule has 4 nitrogen and oxygen atoms in total. The van der Waals surface area contributed by atoms with Gasteiger partial charge in [-0.3, -0.25) is 4.79 Å². The third-order valence-corrected chi connectivity index (χ3v) is 4.13. The largest absolute Gasteiger partial charge is 0.370 e. The quantitative estimate of drug-likeness (QED) is 0.779. The first-order valence-corrected chi connectivity index (χ1v) is 7.40. The molecule has 1 aromatic rings. The molecule has 0 aromatic heterocycles. The Labute approximate surface area is 121 Å². The maximum absolute atomic E-state index is 11.5. The first-order valence-electron chi connectivity index (χ1n) is 7.40. The minimum absolute atomic E-state index is 0.194. The summed E-state index contributed by atoms with van der Waals surface area (Å²) in [4.78, 5) is 13.7. The maximum Gasteiger partial charge on any atom is 0.225 e. The predicted molar refractivity (Wildman–Crippen MR) is 82.6 cm³/mol. The Morgan fingerprint density at radius 1 is 1.40 bits per heavy atom. The third kappa shape index (κ3) is 3.31. The van der Waals surface area contributed by atoms with Gasteiger partial charge in [0.15, 0.2) is 0 Å². The number of rotatable bonds is 6. The van der Waals surface area contributed by atoms with Gasteiger partial charge >= 0.3 is 0 Å². The molecule has 1 aliphatic heterocycles. The Morgan fingerprint density at radius 3 is 2.65 bits per heavy atom. The minimum atomic E-state index is -0.388. The van der Waals surface area contributed by atoms with E-state index in [-0.39, 0.29) is 11.3 Å². The van der Waals surface area contributed by atoms with Crippen LogP contribution in [0.3, 0.4) is 0 Å². The van der Waals surface area contributed by atoms with Gasteiger partial charge in [0.05, 0.1) is 5.41 Å². The number of anilines is 1. The van der Waals surface area contributed by atoms with Gasteiger partial charge in [0.2, 0.25) is 5.91 Å². The predicted octanol–water partition coefficient (Wildman–Crippen LogP) is 1.89. The lowest BCUT2D eigenvalue weighted by Gasteiger charge is -2.22. The highest BCUT2D eigenvalue weighted by molar-refractivity contribution is 5.82. The van der Waals surface area contributed by atoms with Crippen molar-refractivity contribution in [2.45, 2.75) is 33.2 Å². The molecule has 0 bridgehead atoms. The van der Waals surface area contributed by atoms with Gasteiger partial charge in [-0.15, -0.1) is 0 Å². The molecule has 0 radical (unpaired) electrons. The van der Waals surface area contributed by atoms with Crippen LogP contribution >= 0.6 is 0 Å². The highest BCUT2D eigenvalue weighted by Gasteiger charge is 2.38. The lowest BCUT2D eigenvalue weighted by atomic mass is 9.89. The highest BCUT2D eigenvalue weighted by atomic mass is 16.1. The van der Waals surface area contributed by atoms with Gasteiger partial charge in [-0.1, -0.05) is 19.1 Å². The number of nitrogens with two attached hydrogens (primary N) is 1. The number of primary amides is 1. The van der Waals surface area contributed by atoms with E-state index in [9.17, 15) is 4.79 Å². The monoisotopic (exact) mass is 275 g/mol. The van der Waals surface area contributed by atoms with E-state index in [2.05, 4.69) is 41.4 Å². The van der Waals surface area contributed by atoms with E-state index in [0.29, 0.717) is 0 Å². The molecule has 0 spiro atoms. The van der Waals surface area contributed by atoms with Crippen molar-refractivity contribution in [3.63, 3.8) is 0 Å². The lowest BCUT2D eigenvalue weighted by Crippen LogP contribution is -2.37. The molecule has 20 heavy (non-hydrogen) atoms. The second-order valence-corrected chi connectivity index (χ2v) is 5.94. The summed E-state index contributed by atoms with van der Waals surface area (Å²) in [5.41, 5.74) is 7.57. The Balaban J connectivity index is 1.96. The molecule has 1 saturated heterocycles. The smallest absolute Gasteiger partial charge is 0.225 e. The third-order valence-electron chi connectivity index (χ3n) is 4.13. The normalized spacial score (nSPS) is 22.2. The summed E-state index contributed by atoms with van der Waals surface area (Å²) in [7, 11) is 0. The van der Waals surface area contributed by atoms with Gasteiger partial charge in [0, 0.05) is 25.3 Å². The molecule has 0 aliphatic carbocycles. The summed E-state index contributed by atoms with van der Waals surface area (Å²) >= 11 is 0. The minimum Gasteiger partial charge on any atom is -0.370 e. The van der Waals surface area contributed by atoms with Crippen LogP contribution in [0, 0.1) is 5.41 Å². The number of carbonyl (C=O) groups excluding carboxylic acids is 1. The number of benzene rings is 1. The van der Waals surface area contributed by atoms with Crippen LogP contribution in [0.15, 0.2) is 24.3 Å². The van der Waals surface area contributed by atoms with Gasteiger partial charge in [0.1, 0.15) is 0 Å². The van der Waals surface area contributed by atoms with Crippen LogP contribution in [0.4, 0.5) is 5.69 Å². The fourth-order valence-electron chi connectivity index (χ4n) is 2.62. The number of nitrogens with zero attached hydrogens (tertiary/aromatic N) is 1. The Kier molecular flexibility index (Phi) is 4.65. The van der Waals surface area contributed by atoms with Crippen molar-refractivity contribution in [1.82, 2.24) is 5.32 Å². The molecule has 1 unspecified atom stereocenters. The summed E-state index contributed by atoms with van der Waals surface area (Å²) in [5, 5.41) is 3.39. The molecular weight excluding hydrogens is 250 g/mol. The van der Waals surface area contributed by atoms with Crippen molar-refractivity contribution in [3.05, 3.63) is 29.8 Å². The molecule has 110 valence electrons. The molecule has 1 aromatic carbocycles. The first kappa shape index (κ1) is 14.9. The summed E-state index contributed by atoms with van der Waals surface area (Å²) in [5.74, 6) is -0.194. The molecule has 1 aliphatic rings. The van der Waals surface area contributed by atoms with E-state index in [1.54, 1.807) is 0 Å². The highest BCUT2D eigenvalue weighted by Crippen LogP contribution is 2.32. The molecule has 3 N–H and O–H groups in total. The van der Waals surface area contributed by atoms with Gasteiger partial charge in [-0.2, -0.15) is 0 Å². The van der Waals surface area contributed by atoms with E-state index in [4.69, 9.17) is 5.73 Å². The van der Waals surface area contributed by atoms with Gasteiger partial charge in [-0.25, -0.2) is 0 Å². The molecule has 1 heterocycles. The van der Waals surface area contributed by atoms with Crippen molar-refractivity contribution < 1.29 is 4.79 Å². The van der Waals surface area contributed by atoms with E-state index < -0.39 is 0 Å². The van der Waals surface area contributed by atoms with Crippen LogP contribution in [-0.2, 0) is 11.3 Å². The fraction of sp³-hybridized carbons (Fsp3) is 0.562. The Hall–Kier alpha value is -1.55. The van der Waals surface area contributed by atoms with Crippen LogP contribution in [-0.4, -0.2) is 25.5 Å². The molecule has 1 amide bonds. The van der Waals surface area contributed by atoms with Crippen molar-refractivity contribution in [2.24, 2.45) is 11.1 Å². The number of amides is 1. The number of hydrogen-bond donors (Lipinski definition) is 2. The van der Waals surface area contributed by atoms with Crippen LogP contribution < -0.4 is 16.0 Å².